The Morgan fingerprint density at radius 2 is 2.00 bits per heavy atom. The van der Waals surface area contributed by atoms with E-state index in [9.17, 15) is 10.1 Å². The second-order valence-electron chi connectivity index (χ2n) is 4.94. The van der Waals surface area contributed by atoms with E-state index in [0.717, 1.165) is 12.1 Å². The van der Waals surface area contributed by atoms with Crippen molar-refractivity contribution in [2.45, 2.75) is 19.4 Å². The van der Waals surface area contributed by atoms with Gasteiger partial charge < -0.3 is 4.90 Å². The van der Waals surface area contributed by atoms with Crippen molar-refractivity contribution in [1.82, 2.24) is 0 Å². The highest BCUT2D eigenvalue weighted by Crippen LogP contribution is 2.42. The summed E-state index contributed by atoms with van der Waals surface area (Å²) in [5.74, 6) is 0. The number of halogens is 1. The summed E-state index contributed by atoms with van der Waals surface area (Å²) in [4.78, 5) is 13.0. The third-order valence-electron chi connectivity index (χ3n) is 3.60. The number of nitrogens with zero attached hydrogens (tertiary/aromatic N) is 2. The lowest BCUT2D eigenvalue weighted by atomic mass is 10.1. The molecule has 0 aromatic heterocycles. The zero-order chi connectivity index (χ0) is 14.3. The van der Waals surface area contributed by atoms with Gasteiger partial charge in [-0.2, -0.15) is 0 Å². The standard InChI is InChI=1S/C15H13BrN2O2/c1-10-8-11-4-2-3-5-13(11)17(10)14-7-6-12(16)9-15(14)18(19)20/h2-7,9-10H,8H2,1H3. The SMILES string of the molecule is CC1Cc2ccccc2N1c1ccc(Br)cc1[N+](=O)[O-]. The molecule has 3 rings (SSSR count). The first kappa shape index (κ1) is 13.1. The summed E-state index contributed by atoms with van der Waals surface area (Å²) in [6, 6.07) is 13.5. The molecule has 102 valence electrons. The van der Waals surface area contributed by atoms with E-state index in [1.165, 1.54) is 5.56 Å². The molecule has 0 N–H and O–H groups in total. The molecule has 1 aliphatic heterocycles. The number of nitro groups is 1. The van der Waals surface area contributed by atoms with Gasteiger partial charge in [0.1, 0.15) is 5.69 Å². The molecule has 1 heterocycles. The lowest BCUT2D eigenvalue weighted by Gasteiger charge is -2.24. The molecule has 0 amide bonds. The first-order chi connectivity index (χ1) is 9.58. The molecule has 0 saturated carbocycles. The predicted octanol–water partition coefficient (Wildman–Crippen LogP) is 4.44. The van der Waals surface area contributed by atoms with Gasteiger partial charge in [-0.1, -0.05) is 34.1 Å². The first-order valence-corrected chi connectivity index (χ1v) is 7.18. The quantitative estimate of drug-likeness (QED) is 0.603. The highest BCUT2D eigenvalue weighted by molar-refractivity contribution is 9.10. The monoisotopic (exact) mass is 332 g/mol. The summed E-state index contributed by atoms with van der Waals surface area (Å²) in [5.41, 5.74) is 3.07. The fourth-order valence-corrected chi connectivity index (χ4v) is 3.13. The Kier molecular flexibility index (Phi) is 3.22. The minimum Gasteiger partial charge on any atom is -0.332 e. The number of para-hydroxylation sites is 1. The molecule has 0 radical (unpaired) electrons. The molecule has 0 bridgehead atoms. The Balaban J connectivity index is 2.17. The van der Waals surface area contributed by atoms with E-state index in [1.54, 1.807) is 12.1 Å². The normalized spacial score (nSPS) is 17.1. The second-order valence-corrected chi connectivity index (χ2v) is 5.86. The summed E-state index contributed by atoms with van der Waals surface area (Å²) in [7, 11) is 0. The van der Waals surface area contributed by atoms with Crippen LogP contribution in [0.1, 0.15) is 12.5 Å². The van der Waals surface area contributed by atoms with Crippen molar-refractivity contribution < 1.29 is 4.92 Å². The Bertz CT molecular complexity index is 687. The molecule has 0 spiro atoms. The zero-order valence-corrected chi connectivity index (χ0v) is 12.5. The molecule has 20 heavy (non-hydrogen) atoms. The molecule has 2 aromatic carbocycles. The highest BCUT2D eigenvalue weighted by atomic mass is 79.9. The molecule has 1 atom stereocenters. The van der Waals surface area contributed by atoms with Crippen molar-refractivity contribution in [1.29, 1.82) is 0 Å². The Morgan fingerprint density at radius 3 is 2.75 bits per heavy atom. The fraction of sp³-hybridized carbons (Fsp3) is 0.200. The largest absolute Gasteiger partial charge is 0.332 e. The van der Waals surface area contributed by atoms with Crippen molar-refractivity contribution in [2.24, 2.45) is 0 Å². The predicted molar refractivity (Wildman–Crippen MR) is 82.5 cm³/mol. The maximum Gasteiger partial charge on any atom is 0.294 e. The highest BCUT2D eigenvalue weighted by Gasteiger charge is 2.31. The summed E-state index contributed by atoms with van der Waals surface area (Å²) >= 11 is 3.30. The number of anilines is 2. The number of hydrogen-bond donors (Lipinski definition) is 0. The molecule has 1 unspecified atom stereocenters. The van der Waals surface area contributed by atoms with Crippen LogP contribution in [0.25, 0.3) is 0 Å². The number of nitro benzene ring substituents is 1. The van der Waals surface area contributed by atoms with Gasteiger partial charge in [0.25, 0.3) is 5.69 Å². The Morgan fingerprint density at radius 1 is 1.25 bits per heavy atom. The summed E-state index contributed by atoms with van der Waals surface area (Å²) in [6.07, 6.45) is 0.906. The van der Waals surface area contributed by atoms with Gasteiger partial charge in [-0.25, -0.2) is 0 Å². The van der Waals surface area contributed by atoms with E-state index in [-0.39, 0.29) is 16.7 Å². The molecule has 5 heteroatoms. The molecular weight excluding hydrogens is 320 g/mol. The van der Waals surface area contributed by atoms with Gasteiger partial charge in [-0.15, -0.1) is 0 Å². The average Bonchev–Trinajstić information content (AvgIpc) is 2.74. The number of benzene rings is 2. The van der Waals surface area contributed by atoms with Crippen LogP contribution < -0.4 is 4.90 Å². The van der Waals surface area contributed by atoms with Gasteiger partial charge in [-0.3, -0.25) is 10.1 Å². The van der Waals surface area contributed by atoms with E-state index in [1.807, 2.05) is 24.3 Å². The van der Waals surface area contributed by atoms with E-state index >= 15 is 0 Å². The van der Waals surface area contributed by atoms with E-state index < -0.39 is 0 Å². The lowest BCUT2D eigenvalue weighted by molar-refractivity contribution is -0.384. The van der Waals surface area contributed by atoms with Crippen molar-refractivity contribution in [3.05, 3.63) is 62.6 Å². The zero-order valence-electron chi connectivity index (χ0n) is 10.9. The van der Waals surface area contributed by atoms with Gasteiger partial charge in [0.05, 0.1) is 4.92 Å². The lowest BCUT2D eigenvalue weighted by Crippen LogP contribution is -2.24. The maximum absolute atomic E-state index is 11.3. The van der Waals surface area contributed by atoms with Crippen LogP contribution in [0.5, 0.6) is 0 Å². The second kappa shape index (κ2) is 4.90. The summed E-state index contributed by atoms with van der Waals surface area (Å²) in [5, 5.41) is 11.3. The van der Waals surface area contributed by atoms with Crippen molar-refractivity contribution in [2.75, 3.05) is 4.90 Å². The minimum atomic E-state index is -0.326. The van der Waals surface area contributed by atoms with Crippen LogP contribution in [0, 0.1) is 10.1 Å². The van der Waals surface area contributed by atoms with Gasteiger partial charge in [-0.05, 0) is 37.1 Å². The summed E-state index contributed by atoms with van der Waals surface area (Å²) < 4.78 is 0.716. The minimum absolute atomic E-state index is 0.128. The smallest absolute Gasteiger partial charge is 0.294 e. The molecular formula is C15H13BrN2O2. The van der Waals surface area contributed by atoms with Crippen LogP contribution in [0.2, 0.25) is 0 Å². The molecule has 2 aromatic rings. The topological polar surface area (TPSA) is 46.4 Å². The van der Waals surface area contributed by atoms with Crippen molar-refractivity contribution >= 4 is 33.0 Å². The molecule has 1 aliphatic rings. The summed E-state index contributed by atoms with van der Waals surface area (Å²) in [6.45, 7) is 2.09. The fourth-order valence-electron chi connectivity index (χ4n) is 2.78. The van der Waals surface area contributed by atoms with Gasteiger partial charge in [0, 0.05) is 22.3 Å². The Labute approximate surface area is 125 Å². The number of fused-ring (bicyclic) bond motifs is 1. The van der Waals surface area contributed by atoms with Crippen LogP contribution in [0.3, 0.4) is 0 Å². The molecule has 4 nitrogen and oxygen atoms in total. The Hall–Kier alpha value is -1.88. The number of rotatable bonds is 2. The molecule has 0 fully saturated rings. The average molecular weight is 333 g/mol. The number of hydrogen-bond acceptors (Lipinski definition) is 3. The van der Waals surface area contributed by atoms with E-state index in [4.69, 9.17) is 0 Å². The molecule has 0 saturated heterocycles. The maximum atomic E-state index is 11.3. The van der Waals surface area contributed by atoms with Crippen molar-refractivity contribution in [3.8, 4) is 0 Å². The van der Waals surface area contributed by atoms with Gasteiger partial charge >= 0.3 is 0 Å². The van der Waals surface area contributed by atoms with E-state index in [2.05, 4.69) is 33.8 Å². The third kappa shape index (κ3) is 2.08. The van der Waals surface area contributed by atoms with E-state index in [0.29, 0.717) is 10.2 Å². The third-order valence-corrected chi connectivity index (χ3v) is 4.09. The first-order valence-electron chi connectivity index (χ1n) is 6.39. The van der Waals surface area contributed by atoms with Crippen LogP contribution in [-0.2, 0) is 6.42 Å². The van der Waals surface area contributed by atoms with Gasteiger partial charge in [0.15, 0.2) is 0 Å². The van der Waals surface area contributed by atoms with Crippen molar-refractivity contribution in [3.63, 3.8) is 0 Å². The van der Waals surface area contributed by atoms with Crippen LogP contribution in [0.4, 0.5) is 17.1 Å². The molecule has 0 aliphatic carbocycles. The van der Waals surface area contributed by atoms with Crippen LogP contribution in [0.15, 0.2) is 46.9 Å². The van der Waals surface area contributed by atoms with Crippen LogP contribution >= 0.6 is 15.9 Å². The van der Waals surface area contributed by atoms with Gasteiger partial charge in [0.2, 0.25) is 0 Å². The van der Waals surface area contributed by atoms with Crippen LogP contribution in [-0.4, -0.2) is 11.0 Å².